The summed E-state index contributed by atoms with van der Waals surface area (Å²) < 4.78 is 13.7. The second-order valence-corrected chi connectivity index (χ2v) is 6.52. The summed E-state index contributed by atoms with van der Waals surface area (Å²) in [5, 5.41) is 2.68. The lowest BCUT2D eigenvalue weighted by Crippen LogP contribution is -2.40. The molecule has 2 amide bonds. The molecule has 26 heavy (non-hydrogen) atoms. The third kappa shape index (κ3) is 2.87. The maximum absolute atomic E-state index is 13.7. The number of fused-ring (bicyclic) bond motifs is 2. The molecule has 7 nitrogen and oxygen atoms in total. The van der Waals surface area contributed by atoms with Crippen LogP contribution in [0.3, 0.4) is 0 Å². The monoisotopic (exact) mass is 356 g/mol. The molecular weight excluding hydrogens is 339 g/mol. The summed E-state index contributed by atoms with van der Waals surface area (Å²) in [4.78, 5) is 45.4. The molecule has 1 aromatic carbocycles. The molecule has 4 rings (SSSR count). The SMILES string of the molecule is O=C1C[C@H](C(=O)N2CCc3nc[nH]c(=O)c3CC2)c2cc(F)ccc2N1. The Labute approximate surface area is 148 Å². The number of nitrogens with one attached hydrogen (secondary N) is 2. The van der Waals surface area contributed by atoms with Crippen molar-refractivity contribution in [1.29, 1.82) is 0 Å². The number of aromatic amines is 1. The Hall–Kier alpha value is -3.03. The van der Waals surface area contributed by atoms with Gasteiger partial charge in [0.15, 0.2) is 0 Å². The second-order valence-electron chi connectivity index (χ2n) is 6.52. The number of hydrogen-bond acceptors (Lipinski definition) is 4. The van der Waals surface area contributed by atoms with Gasteiger partial charge in [-0.2, -0.15) is 0 Å². The van der Waals surface area contributed by atoms with Crippen LogP contribution in [0.25, 0.3) is 0 Å². The molecule has 0 spiro atoms. The molecule has 0 unspecified atom stereocenters. The minimum absolute atomic E-state index is 0.0163. The van der Waals surface area contributed by atoms with Crippen LogP contribution < -0.4 is 10.9 Å². The number of H-pyrrole nitrogens is 1. The van der Waals surface area contributed by atoms with Crippen LogP contribution in [0.2, 0.25) is 0 Å². The lowest BCUT2D eigenvalue weighted by atomic mass is 9.89. The fourth-order valence-electron chi connectivity index (χ4n) is 3.63. The number of nitrogens with zero attached hydrogens (tertiary/aromatic N) is 2. The number of aromatic nitrogens is 2. The van der Waals surface area contributed by atoms with E-state index < -0.39 is 11.7 Å². The third-order valence-electron chi connectivity index (χ3n) is 4.95. The summed E-state index contributed by atoms with van der Waals surface area (Å²) in [5.74, 6) is -1.66. The quantitative estimate of drug-likeness (QED) is 0.796. The van der Waals surface area contributed by atoms with Crippen LogP contribution in [-0.4, -0.2) is 39.8 Å². The Kier molecular flexibility index (Phi) is 4.02. The Bertz CT molecular complexity index is 956. The summed E-state index contributed by atoms with van der Waals surface area (Å²) in [6, 6.07) is 4.03. The van der Waals surface area contributed by atoms with Crippen molar-refractivity contribution in [3.63, 3.8) is 0 Å². The molecule has 0 saturated heterocycles. The highest BCUT2D eigenvalue weighted by molar-refractivity contribution is 6.01. The molecule has 3 heterocycles. The highest BCUT2D eigenvalue weighted by Crippen LogP contribution is 2.34. The Morgan fingerprint density at radius 3 is 2.88 bits per heavy atom. The average molecular weight is 356 g/mol. The highest BCUT2D eigenvalue weighted by atomic mass is 19.1. The topological polar surface area (TPSA) is 95.2 Å². The molecule has 8 heteroatoms. The van der Waals surface area contributed by atoms with Crippen LogP contribution in [-0.2, 0) is 22.4 Å². The van der Waals surface area contributed by atoms with Crippen LogP contribution in [0.15, 0.2) is 29.3 Å². The molecule has 0 aliphatic carbocycles. The zero-order valence-electron chi connectivity index (χ0n) is 13.9. The Balaban J connectivity index is 1.61. The van der Waals surface area contributed by atoms with Gasteiger partial charge in [0.1, 0.15) is 5.82 Å². The fraction of sp³-hybridized carbons (Fsp3) is 0.333. The molecule has 2 aromatic rings. The van der Waals surface area contributed by atoms with Crippen molar-refractivity contribution in [3.05, 3.63) is 57.5 Å². The molecule has 0 fully saturated rings. The zero-order chi connectivity index (χ0) is 18.3. The summed E-state index contributed by atoms with van der Waals surface area (Å²) in [5.41, 5.74) is 2.06. The van der Waals surface area contributed by atoms with Crippen LogP contribution in [0.5, 0.6) is 0 Å². The number of carbonyl (C=O) groups is 2. The maximum Gasteiger partial charge on any atom is 0.254 e. The molecule has 1 atom stereocenters. The summed E-state index contributed by atoms with van der Waals surface area (Å²) in [6.45, 7) is 0.772. The summed E-state index contributed by atoms with van der Waals surface area (Å²) >= 11 is 0. The van der Waals surface area contributed by atoms with E-state index in [1.807, 2.05) is 0 Å². The van der Waals surface area contributed by atoms with Crippen LogP contribution >= 0.6 is 0 Å². The number of benzene rings is 1. The fourth-order valence-corrected chi connectivity index (χ4v) is 3.63. The van der Waals surface area contributed by atoms with E-state index in [1.54, 1.807) is 4.90 Å². The van der Waals surface area contributed by atoms with Crippen LogP contribution in [0, 0.1) is 5.82 Å². The van der Waals surface area contributed by atoms with Gasteiger partial charge in [-0.15, -0.1) is 0 Å². The van der Waals surface area contributed by atoms with Gasteiger partial charge in [0.05, 0.1) is 17.9 Å². The van der Waals surface area contributed by atoms with E-state index in [4.69, 9.17) is 0 Å². The molecule has 1 aromatic heterocycles. The number of amides is 2. The van der Waals surface area contributed by atoms with Crippen LogP contribution in [0.4, 0.5) is 10.1 Å². The molecule has 134 valence electrons. The normalized spacial score (nSPS) is 19.2. The van der Waals surface area contributed by atoms with E-state index in [2.05, 4.69) is 15.3 Å². The van der Waals surface area contributed by atoms with Crippen molar-refractivity contribution in [2.24, 2.45) is 0 Å². The summed E-state index contributed by atoms with van der Waals surface area (Å²) in [6.07, 6.45) is 2.22. The van der Waals surface area contributed by atoms with Crippen molar-refractivity contribution in [2.75, 3.05) is 18.4 Å². The largest absolute Gasteiger partial charge is 0.341 e. The Morgan fingerprint density at radius 2 is 2.04 bits per heavy atom. The van der Waals surface area contributed by atoms with Gasteiger partial charge < -0.3 is 15.2 Å². The number of hydrogen-bond donors (Lipinski definition) is 2. The third-order valence-corrected chi connectivity index (χ3v) is 4.95. The standard InChI is InChI=1S/C18H17FN4O3/c19-10-1-2-15-12(7-10)13(8-16(24)22-15)18(26)23-5-3-11-14(4-6-23)20-9-21-17(11)25/h1-2,7,9,13H,3-6,8H2,(H,22,24)(H,20,21,25)/t13-/m0/s1. The second kappa shape index (κ2) is 6.36. The van der Waals surface area contributed by atoms with Gasteiger partial charge in [-0.1, -0.05) is 0 Å². The molecule has 0 saturated carbocycles. The van der Waals surface area contributed by atoms with Gasteiger partial charge in [-0.25, -0.2) is 9.37 Å². The van der Waals surface area contributed by atoms with Gasteiger partial charge in [0, 0.05) is 37.2 Å². The van der Waals surface area contributed by atoms with E-state index in [0.717, 1.165) is 0 Å². The Morgan fingerprint density at radius 1 is 1.23 bits per heavy atom. The number of anilines is 1. The summed E-state index contributed by atoms with van der Waals surface area (Å²) in [7, 11) is 0. The maximum atomic E-state index is 13.7. The number of halogens is 1. The average Bonchev–Trinajstić information content (AvgIpc) is 2.84. The molecule has 0 bridgehead atoms. The predicted molar refractivity (Wildman–Crippen MR) is 91.2 cm³/mol. The zero-order valence-corrected chi connectivity index (χ0v) is 13.9. The van der Waals surface area contributed by atoms with E-state index in [9.17, 15) is 18.8 Å². The van der Waals surface area contributed by atoms with Crippen molar-refractivity contribution < 1.29 is 14.0 Å². The molecule has 2 aliphatic heterocycles. The minimum Gasteiger partial charge on any atom is -0.341 e. The first-order valence-electron chi connectivity index (χ1n) is 8.46. The number of carbonyl (C=O) groups excluding carboxylic acids is 2. The molecule has 2 aliphatic rings. The smallest absolute Gasteiger partial charge is 0.254 e. The van der Waals surface area contributed by atoms with E-state index in [0.29, 0.717) is 48.4 Å². The predicted octanol–water partition coefficient (Wildman–Crippen LogP) is 0.962. The molecular formula is C18H17FN4O3. The van der Waals surface area contributed by atoms with Crippen molar-refractivity contribution in [1.82, 2.24) is 14.9 Å². The highest BCUT2D eigenvalue weighted by Gasteiger charge is 2.34. The van der Waals surface area contributed by atoms with E-state index in [1.165, 1.54) is 24.5 Å². The lowest BCUT2D eigenvalue weighted by Gasteiger charge is -2.30. The van der Waals surface area contributed by atoms with E-state index in [-0.39, 0.29) is 23.8 Å². The van der Waals surface area contributed by atoms with Gasteiger partial charge >= 0.3 is 0 Å². The van der Waals surface area contributed by atoms with Crippen molar-refractivity contribution >= 4 is 17.5 Å². The number of rotatable bonds is 1. The first-order chi connectivity index (χ1) is 12.5. The van der Waals surface area contributed by atoms with Gasteiger partial charge in [-0.05, 0) is 30.2 Å². The first kappa shape index (κ1) is 16.4. The van der Waals surface area contributed by atoms with Crippen LogP contribution in [0.1, 0.15) is 29.2 Å². The first-order valence-corrected chi connectivity index (χ1v) is 8.46. The van der Waals surface area contributed by atoms with Gasteiger partial charge in [0.25, 0.3) is 5.56 Å². The van der Waals surface area contributed by atoms with E-state index >= 15 is 0 Å². The minimum atomic E-state index is -0.720. The van der Waals surface area contributed by atoms with Gasteiger partial charge in [-0.3, -0.25) is 14.4 Å². The van der Waals surface area contributed by atoms with Gasteiger partial charge in [0.2, 0.25) is 11.8 Å². The van der Waals surface area contributed by atoms with Crippen molar-refractivity contribution in [3.8, 4) is 0 Å². The molecule has 2 N–H and O–H groups in total. The lowest BCUT2D eigenvalue weighted by molar-refractivity contribution is -0.134. The van der Waals surface area contributed by atoms with Crippen molar-refractivity contribution in [2.45, 2.75) is 25.2 Å². The molecule has 0 radical (unpaired) electrons.